The lowest BCUT2D eigenvalue weighted by molar-refractivity contribution is -0.134. The van der Waals surface area contributed by atoms with E-state index in [9.17, 15) is 9.90 Å². The first-order valence-electron chi connectivity index (χ1n) is 9.11. The van der Waals surface area contributed by atoms with Crippen molar-refractivity contribution in [3.05, 3.63) is 71.3 Å². The number of nitrogens with zero attached hydrogens (tertiary/aromatic N) is 2. The Morgan fingerprint density at radius 2 is 1.54 bits per heavy atom. The summed E-state index contributed by atoms with van der Waals surface area (Å²) in [5.41, 5.74) is 9.09. The second-order valence-corrected chi connectivity index (χ2v) is 6.94. The van der Waals surface area contributed by atoms with E-state index in [1.165, 1.54) is 0 Å². The zero-order chi connectivity index (χ0) is 18.5. The first-order valence-corrected chi connectivity index (χ1v) is 9.11. The molecule has 1 aliphatic heterocycles. The van der Waals surface area contributed by atoms with E-state index in [0.29, 0.717) is 19.6 Å². The number of carbonyl (C=O) groups excluding carboxylic acids is 1. The van der Waals surface area contributed by atoms with Gasteiger partial charge in [-0.15, -0.1) is 24.8 Å². The molecule has 154 valence electrons. The summed E-state index contributed by atoms with van der Waals surface area (Å²) in [6.45, 7) is 5.36. The molecule has 1 heterocycles. The normalized spacial score (nSPS) is 16.5. The summed E-state index contributed by atoms with van der Waals surface area (Å²) in [7, 11) is 0. The van der Waals surface area contributed by atoms with Crippen molar-refractivity contribution in [1.29, 1.82) is 0 Å². The number of hydrogen-bond acceptors (Lipinski definition) is 4. The minimum absolute atomic E-state index is 0. The summed E-state index contributed by atoms with van der Waals surface area (Å²) in [6, 6.07) is 16.9. The number of aliphatic hydroxyl groups is 1. The van der Waals surface area contributed by atoms with E-state index in [4.69, 9.17) is 5.73 Å². The molecule has 2 atom stereocenters. The van der Waals surface area contributed by atoms with Crippen LogP contribution >= 0.6 is 24.8 Å². The highest BCUT2D eigenvalue weighted by molar-refractivity contribution is 5.85. The molecule has 7 heteroatoms. The number of nitrogens with two attached hydrogens (primary N) is 1. The molecule has 0 saturated carbocycles. The molecule has 1 amide bonds. The van der Waals surface area contributed by atoms with Gasteiger partial charge in [-0.3, -0.25) is 9.69 Å². The molecular formula is C21H29Cl2N3O2. The molecule has 1 fully saturated rings. The van der Waals surface area contributed by atoms with Crippen molar-refractivity contribution < 1.29 is 9.90 Å². The number of rotatable bonds is 5. The number of β-amino-alcohol motifs (C(OH)–C–C–N with tert-alkyl or cyclic N) is 1. The Hall–Kier alpha value is -1.63. The van der Waals surface area contributed by atoms with Crippen LogP contribution in [0.25, 0.3) is 0 Å². The van der Waals surface area contributed by atoms with Gasteiger partial charge in [-0.25, -0.2) is 0 Å². The van der Waals surface area contributed by atoms with Crippen LogP contribution in [0.15, 0.2) is 54.6 Å². The largest absolute Gasteiger partial charge is 0.387 e. The Labute approximate surface area is 179 Å². The molecule has 2 aromatic rings. The lowest BCUT2D eigenvalue weighted by Gasteiger charge is -2.36. The lowest BCUT2D eigenvalue weighted by Crippen LogP contribution is -2.51. The SMILES string of the molecule is Cc1ccc(C(N)C(=O)N2CCN(CC(O)c3ccccc3)CC2)cc1.Cl.Cl. The standard InChI is InChI=1S/C21H27N3O2.2ClH/c1-16-7-9-18(10-8-16)20(22)21(26)24-13-11-23(12-14-24)15-19(25)17-5-3-2-4-6-17;;/h2-10,19-20,25H,11-15,22H2,1H3;2*1H. The van der Waals surface area contributed by atoms with Crippen LogP contribution in [0.3, 0.4) is 0 Å². The second kappa shape index (κ2) is 11.4. The van der Waals surface area contributed by atoms with Crippen LogP contribution in [0.2, 0.25) is 0 Å². The predicted octanol–water partition coefficient (Wildman–Crippen LogP) is 2.72. The molecule has 0 spiro atoms. The molecule has 2 aromatic carbocycles. The van der Waals surface area contributed by atoms with Gasteiger partial charge in [-0.2, -0.15) is 0 Å². The van der Waals surface area contributed by atoms with E-state index < -0.39 is 12.1 Å². The van der Waals surface area contributed by atoms with E-state index in [0.717, 1.165) is 29.8 Å². The maximum Gasteiger partial charge on any atom is 0.244 e. The molecule has 0 aromatic heterocycles. The van der Waals surface area contributed by atoms with Crippen molar-refractivity contribution in [3.63, 3.8) is 0 Å². The van der Waals surface area contributed by atoms with Crippen molar-refractivity contribution in [3.8, 4) is 0 Å². The topological polar surface area (TPSA) is 69.8 Å². The fourth-order valence-corrected chi connectivity index (χ4v) is 3.29. The third kappa shape index (κ3) is 6.19. The third-order valence-corrected chi connectivity index (χ3v) is 5.00. The molecule has 1 saturated heterocycles. The van der Waals surface area contributed by atoms with E-state index in [-0.39, 0.29) is 30.7 Å². The molecule has 3 rings (SSSR count). The summed E-state index contributed by atoms with van der Waals surface area (Å²) in [5.74, 6) is -0.0305. The minimum Gasteiger partial charge on any atom is -0.387 e. The molecule has 28 heavy (non-hydrogen) atoms. The van der Waals surface area contributed by atoms with Crippen LogP contribution in [0.5, 0.6) is 0 Å². The van der Waals surface area contributed by atoms with E-state index in [1.54, 1.807) is 0 Å². The summed E-state index contributed by atoms with van der Waals surface area (Å²) < 4.78 is 0. The van der Waals surface area contributed by atoms with Crippen LogP contribution in [0.4, 0.5) is 0 Å². The number of benzene rings is 2. The number of piperazine rings is 1. The fourth-order valence-electron chi connectivity index (χ4n) is 3.29. The van der Waals surface area contributed by atoms with Gasteiger partial charge in [-0.1, -0.05) is 60.2 Å². The Morgan fingerprint density at radius 3 is 2.11 bits per heavy atom. The van der Waals surface area contributed by atoms with Crippen LogP contribution in [-0.4, -0.2) is 53.5 Å². The third-order valence-electron chi connectivity index (χ3n) is 5.00. The fraction of sp³-hybridized carbons (Fsp3) is 0.381. The summed E-state index contributed by atoms with van der Waals surface area (Å²) in [5, 5.41) is 10.4. The quantitative estimate of drug-likeness (QED) is 0.772. The van der Waals surface area contributed by atoms with Crippen LogP contribution in [-0.2, 0) is 4.79 Å². The van der Waals surface area contributed by atoms with Gasteiger partial charge < -0.3 is 15.7 Å². The Bertz CT molecular complexity index is 720. The molecule has 0 aliphatic carbocycles. The van der Waals surface area contributed by atoms with Gasteiger partial charge in [-0.05, 0) is 18.1 Å². The van der Waals surface area contributed by atoms with Crippen molar-refractivity contribution in [1.82, 2.24) is 9.80 Å². The lowest BCUT2D eigenvalue weighted by atomic mass is 10.0. The maximum absolute atomic E-state index is 12.7. The van der Waals surface area contributed by atoms with Crippen LogP contribution in [0.1, 0.15) is 28.8 Å². The smallest absolute Gasteiger partial charge is 0.244 e. The molecule has 3 N–H and O–H groups in total. The molecule has 0 bridgehead atoms. The first kappa shape index (κ1) is 24.4. The number of carbonyl (C=O) groups is 1. The predicted molar refractivity (Wildman–Crippen MR) is 117 cm³/mol. The van der Waals surface area contributed by atoms with Crippen molar-refractivity contribution in [2.45, 2.75) is 19.1 Å². The van der Waals surface area contributed by atoms with Crippen molar-refractivity contribution in [2.75, 3.05) is 32.7 Å². The Kier molecular flexibility index (Phi) is 9.93. The summed E-state index contributed by atoms with van der Waals surface area (Å²) >= 11 is 0. The van der Waals surface area contributed by atoms with Crippen molar-refractivity contribution >= 4 is 30.7 Å². The zero-order valence-electron chi connectivity index (χ0n) is 16.0. The maximum atomic E-state index is 12.7. The first-order chi connectivity index (χ1) is 12.5. The van der Waals surface area contributed by atoms with Gasteiger partial charge in [0.2, 0.25) is 5.91 Å². The summed E-state index contributed by atoms with van der Waals surface area (Å²) in [4.78, 5) is 16.7. The molecule has 5 nitrogen and oxygen atoms in total. The number of aliphatic hydroxyl groups excluding tert-OH is 1. The van der Waals surface area contributed by atoms with Gasteiger partial charge in [0.05, 0.1) is 6.10 Å². The van der Waals surface area contributed by atoms with Gasteiger partial charge >= 0.3 is 0 Å². The van der Waals surface area contributed by atoms with Crippen LogP contribution in [0, 0.1) is 6.92 Å². The van der Waals surface area contributed by atoms with E-state index >= 15 is 0 Å². The van der Waals surface area contributed by atoms with Crippen molar-refractivity contribution in [2.24, 2.45) is 5.73 Å². The van der Waals surface area contributed by atoms with Gasteiger partial charge in [0.1, 0.15) is 6.04 Å². The second-order valence-electron chi connectivity index (χ2n) is 6.94. The zero-order valence-corrected chi connectivity index (χ0v) is 17.7. The molecule has 0 radical (unpaired) electrons. The van der Waals surface area contributed by atoms with Gasteiger partial charge in [0.25, 0.3) is 0 Å². The number of halogens is 2. The number of aryl methyl sites for hydroxylation is 1. The van der Waals surface area contributed by atoms with Crippen LogP contribution < -0.4 is 5.73 Å². The minimum atomic E-state index is -0.614. The Morgan fingerprint density at radius 1 is 0.964 bits per heavy atom. The van der Waals surface area contributed by atoms with E-state index in [2.05, 4.69) is 4.90 Å². The number of amides is 1. The molecular weight excluding hydrogens is 397 g/mol. The van der Waals surface area contributed by atoms with Gasteiger partial charge in [0, 0.05) is 32.7 Å². The monoisotopic (exact) mass is 425 g/mol. The Balaban J connectivity index is 0.00000196. The summed E-state index contributed by atoms with van der Waals surface area (Å²) in [6.07, 6.45) is -0.506. The molecule has 1 aliphatic rings. The van der Waals surface area contributed by atoms with Gasteiger partial charge in [0.15, 0.2) is 0 Å². The number of hydrogen-bond donors (Lipinski definition) is 2. The average Bonchev–Trinajstić information content (AvgIpc) is 2.69. The van der Waals surface area contributed by atoms with E-state index in [1.807, 2.05) is 66.4 Å². The highest BCUT2D eigenvalue weighted by Gasteiger charge is 2.27. The molecule has 2 unspecified atom stereocenters. The highest BCUT2D eigenvalue weighted by Crippen LogP contribution is 2.18. The average molecular weight is 426 g/mol. The highest BCUT2D eigenvalue weighted by atomic mass is 35.5.